The van der Waals surface area contributed by atoms with E-state index in [0.29, 0.717) is 5.75 Å². The van der Waals surface area contributed by atoms with Gasteiger partial charge in [-0.1, -0.05) is 0 Å². The maximum absolute atomic E-state index is 11.5. The van der Waals surface area contributed by atoms with Gasteiger partial charge in [-0.2, -0.15) is 0 Å². The van der Waals surface area contributed by atoms with Gasteiger partial charge in [0, 0.05) is 0 Å². The Morgan fingerprint density at radius 2 is 1.62 bits per heavy atom. The van der Waals surface area contributed by atoms with Crippen molar-refractivity contribution in [3.63, 3.8) is 0 Å². The molecule has 2 N–H and O–H groups in total. The summed E-state index contributed by atoms with van der Waals surface area (Å²) < 4.78 is 10.4. The van der Waals surface area contributed by atoms with Crippen molar-refractivity contribution in [1.82, 2.24) is 0 Å². The van der Waals surface area contributed by atoms with Gasteiger partial charge in [0.1, 0.15) is 0 Å². The standard InChI is InChI=1S/C15H14O3.Al.2H2O/c1-11(15(16)17)12-6-5-9-14(10-12)18-13-7-3-2-4-8-13;;;/h2-11H,1H3,(H,16,17);;2*1H2/q;+3;;/p-3. The summed E-state index contributed by atoms with van der Waals surface area (Å²) in [5, 5.41) is 0. The van der Waals surface area contributed by atoms with Crippen LogP contribution < -0.4 is 4.74 Å². The number of benzene rings is 2. The van der Waals surface area contributed by atoms with Crippen molar-refractivity contribution in [3.05, 3.63) is 60.2 Å². The van der Waals surface area contributed by atoms with E-state index in [1.165, 1.54) is 0 Å². The van der Waals surface area contributed by atoms with Crippen molar-refractivity contribution in [2.75, 3.05) is 0 Å². The number of carbonyl (C=O) groups excluding carboxylic acids is 1. The monoisotopic (exact) mass is 302 g/mol. The Morgan fingerprint density at radius 3 is 2.24 bits per heavy atom. The molecule has 0 fully saturated rings. The molecular weight excluding hydrogens is 287 g/mol. The van der Waals surface area contributed by atoms with Crippen LogP contribution in [0.5, 0.6) is 11.5 Å². The second-order valence-corrected chi connectivity index (χ2v) is 4.38. The zero-order valence-electron chi connectivity index (χ0n) is 11.5. The molecule has 0 amide bonds. The molecule has 0 aromatic heterocycles. The number of para-hydroxylation sites is 1. The minimum Gasteiger partial charge on any atom is -0.870 e. The molecule has 1 unspecified atom stereocenters. The van der Waals surface area contributed by atoms with E-state index in [0.717, 1.165) is 11.3 Å². The average molecular weight is 302 g/mol. The second kappa shape index (κ2) is 9.16. The Balaban J connectivity index is 0.00000200. The fraction of sp³-hybridized carbons (Fsp3) is 0.133. The molecule has 0 heterocycles. The number of hydrogen-bond donors (Lipinski definition) is 0. The van der Waals surface area contributed by atoms with Crippen LogP contribution in [-0.2, 0) is 8.58 Å². The van der Waals surface area contributed by atoms with Crippen LogP contribution in [-0.4, -0.2) is 33.5 Å². The van der Waals surface area contributed by atoms with E-state index in [1.54, 1.807) is 6.92 Å². The minimum absolute atomic E-state index is 0. The Morgan fingerprint density at radius 1 is 1.00 bits per heavy atom. The maximum Gasteiger partial charge on any atom is -0.870 e. The molecule has 0 spiro atoms. The van der Waals surface area contributed by atoms with Crippen LogP contribution in [0.4, 0.5) is 0 Å². The molecule has 0 aliphatic heterocycles. The van der Waals surface area contributed by atoms with Crippen molar-refractivity contribution in [3.8, 4) is 11.5 Å². The molecule has 1 atom stereocenters. The van der Waals surface area contributed by atoms with E-state index in [2.05, 4.69) is 3.79 Å². The van der Waals surface area contributed by atoms with Gasteiger partial charge < -0.3 is 11.0 Å². The van der Waals surface area contributed by atoms with E-state index in [1.807, 2.05) is 71.2 Å². The Hall–Kier alpha value is -1.84. The topological polar surface area (TPSA) is 95.5 Å². The normalized spacial score (nSPS) is 10.6. The smallest absolute Gasteiger partial charge is 0.870 e. The molecule has 108 valence electrons. The van der Waals surface area contributed by atoms with Gasteiger partial charge in [-0.25, -0.2) is 0 Å². The Kier molecular flexibility index (Phi) is 8.36. The first kappa shape index (κ1) is 19.2. The number of hydrogen-bond acceptors (Lipinski definition) is 5. The number of rotatable bonds is 4. The second-order valence-electron chi connectivity index (χ2n) is 4.15. The largest absolute Gasteiger partial charge is 0.870 e. The van der Waals surface area contributed by atoms with Crippen LogP contribution >= 0.6 is 0 Å². The van der Waals surface area contributed by atoms with Crippen LogP contribution in [0.1, 0.15) is 18.4 Å². The summed E-state index contributed by atoms with van der Waals surface area (Å²) in [7, 11) is 0. The fourth-order valence-electron chi connectivity index (χ4n) is 1.71. The van der Waals surface area contributed by atoms with Crippen molar-refractivity contribution >= 4 is 22.6 Å². The molecule has 2 rings (SSSR count). The summed E-state index contributed by atoms with van der Waals surface area (Å²) in [4.78, 5) is 11.5. The summed E-state index contributed by atoms with van der Waals surface area (Å²) in [5.74, 6) is 0.853. The van der Waals surface area contributed by atoms with Crippen LogP contribution in [0.3, 0.4) is 0 Å². The number of ether oxygens (including phenoxy) is 1. The van der Waals surface area contributed by atoms with Crippen LogP contribution in [0.25, 0.3) is 0 Å². The van der Waals surface area contributed by atoms with E-state index >= 15 is 0 Å². The Bertz CT molecular complexity index is 559. The van der Waals surface area contributed by atoms with E-state index in [-0.39, 0.29) is 22.8 Å². The third-order valence-corrected chi connectivity index (χ3v) is 3.04. The van der Waals surface area contributed by atoms with Crippen molar-refractivity contribution in [2.24, 2.45) is 0 Å². The summed E-state index contributed by atoms with van der Waals surface area (Å²) in [6, 6.07) is 17.0. The van der Waals surface area contributed by atoms with Gasteiger partial charge >= 0.3 is 120 Å². The van der Waals surface area contributed by atoms with Crippen molar-refractivity contribution < 1.29 is 24.3 Å². The predicted octanol–water partition coefficient (Wildman–Crippen LogP) is 2.86. The van der Waals surface area contributed by atoms with Gasteiger partial charge in [0.05, 0.1) is 0 Å². The van der Waals surface area contributed by atoms with Gasteiger partial charge in [0.25, 0.3) is 0 Å². The van der Waals surface area contributed by atoms with Gasteiger partial charge in [0.15, 0.2) is 0 Å². The molecule has 0 aliphatic carbocycles. The van der Waals surface area contributed by atoms with Crippen LogP contribution in [0.15, 0.2) is 54.6 Å². The molecule has 0 aliphatic rings. The van der Waals surface area contributed by atoms with Gasteiger partial charge in [0.2, 0.25) is 0 Å². The third-order valence-electron chi connectivity index (χ3n) is 2.81. The van der Waals surface area contributed by atoms with Gasteiger partial charge in [-0.3, -0.25) is 0 Å². The summed E-state index contributed by atoms with van der Waals surface area (Å²) in [6.07, 6.45) is 0. The molecule has 0 bridgehead atoms. The number of carbonyl (C=O) groups is 1. The molecular formula is C15H15AlO5. The zero-order valence-corrected chi connectivity index (χ0v) is 12.6. The first-order chi connectivity index (χ1) is 9.20. The Labute approximate surface area is 131 Å². The van der Waals surface area contributed by atoms with Crippen molar-refractivity contribution in [2.45, 2.75) is 12.8 Å². The summed E-state index contributed by atoms with van der Waals surface area (Å²) >= 11 is 1.98. The molecule has 2 aromatic carbocycles. The van der Waals surface area contributed by atoms with Gasteiger partial charge in [-0.05, 0) is 0 Å². The van der Waals surface area contributed by atoms with Crippen molar-refractivity contribution in [1.29, 1.82) is 0 Å². The van der Waals surface area contributed by atoms with Crippen LogP contribution in [0, 0.1) is 0 Å². The average Bonchev–Trinajstić information content (AvgIpc) is 2.47. The molecule has 0 radical (unpaired) electrons. The minimum atomic E-state index is -0.322. The van der Waals surface area contributed by atoms with Gasteiger partial charge in [-0.15, -0.1) is 0 Å². The first-order valence-corrected chi connectivity index (χ1v) is 6.41. The molecule has 0 saturated carbocycles. The molecule has 2 aromatic rings. The SMILES string of the molecule is CC(C(=O)[O][Al+2])c1cccc(Oc2ccccc2)c1.[OH-].[OH-]. The molecule has 21 heavy (non-hydrogen) atoms. The zero-order chi connectivity index (χ0) is 13.7. The fourth-order valence-corrected chi connectivity index (χ4v) is 1.91. The summed E-state index contributed by atoms with van der Waals surface area (Å²) in [6.45, 7) is 1.80. The quantitative estimate of drug-likeness (QED) is 0.809. The maximum atomic E-state index is 11.5. The molecule has 5 nitrogen and oxygen atoms in total. The van der Waals surface area contributed by atoms with E-state index in [4.69, 9.17) is 4.74 Å². The first-order valence-electron chi connectivity index (χ1n) is 5.94. The van der Waals surface area contributed by atoms with E-state index in [9.17, 15) is 4.79 Å². The molecule has 6 heteroatoms. The van der Waals surface area contributed by atoms with E-state index < -0.39 is 0 Å². The molecule has 0 saturated heterocycles. The predicted molar refractivity (Wildman–Crippen MR) is 77.1 cm³/mol. The summed E-state index contributed by atoms with van der Waals surface area (Å²) in [5.41, 5.74) is 0.862. The third kappa shape index (κ3) is 5.22. The van der Waals surface area contributed by atoms with Crippen LogP contribution in [0.2, 0.25) is 0 Å².